The van der Waals surface area contributed by atoms with E-state index in [9.17, 15) is 9.59 Å². The van der Waals surface area contributed by atoms with Crippen LogP contribution in [0.15, 0.2) is 24.3 Å². The summed E-state index contributed by atoms with van der Waals surface area (Å²) in [5, 5.41) is 0. The number of ether oxygens (including phenoxy) is 2. The third-order valence-electron chi connectivity index (χ3n) is 2.29. The number of rotatable bonds is 7. The number of benzene rings is 1. The van der Waals surface area contributed by atoms with E-state index in [0.29, 0.717) is 24.5 Å². The van der Waals surface area contributed by atoms with Gasteiger partial charge in [0.25, 0.3) is 0 Å². The molecule has 0 atom stereocenters. The summed E-state index contributed by atoms with van der Waals surface area (Å²) in [6.45, 7) is 2.25. The Bertz CT molecular complexity index is 426. The Kier molecular flexibility index (Phi) is 6.02. The van der Waals surface area contributed by atoms with Crippen LogP contribution < -0.4 is 4.74 Å². The van der Waals surface area contributed by atoms with Crippen LogP contribution in [0, 0.1) is 0 Å². The zero-order valence-electron chi connectivity index (χ0n) is 11.5. The lowest BCUT2D eigenvalue weighted by Crippen LogP contribution is -2.21. The molecule has 1 rings (SSSR count). The molecule has 1 aromatic carbocycles. The second kappa shape index (κ2) is 7.53. The highest BCUT2D eigenvalue weighted by molar-refractivity contribution is 5.97. The summed E-state index contributed by atoms with van der Waals surface area (Å²) in [6, 6.07) is 6.92. The molecule has 19 heavy (non-hydrogen) atoms. The number of likely N-dealkylation sites (N-methyl/N-ethyl adjacent to an activating group) is 1. The van der Waals surface area contributed by atoms with E-state index in [1.54, 1.807) is 24.3 Å². The van der Waals surface area contributed by atoms with Crippen molar-refractivity contribution < 1.29 is 19.1 Å². The van der Waals surface area contributed by atoms with Gasteiger partial charge in [-0.15, -0.1) is 0 Å². The number of nitrogens with zero attached hydrogens (tertiary/aromatic N) is 1. The Morgan fingerprint density at radius 3 is 2.26 bits per heavy atom. The fourth-order valence-electron chi connectivity index (χ4n) is 1.46. The van der Waals surface area contributed by atoms with Gasteiger partial charge in [0.2, 0.25) is 0 Å². The van der Waals surface area contributed by atoms with Gasteiger partial charge in [-0.05, 0) is 38.4 Å². The molecule has 0 bridgehead atoms. The lowest BCUT2D eigenvalue weighted by atomic mass is 10.1. The first-order valence-electron chi connectivity index (χ1n) is 6.03. The smallest absolute Gasteiger partial charge is 0.302 e. The number of carbonyl (C=O) groups excluding carboxylic acids is 2. The maximum atomic E-state index is 11.8. The fraction of sp³-hybridized carbons (Fsp3) is 0.429. The Hall–Kier alpha value is -1.88. The minimum Gasteiger partial charge on any atom is -0.490 e. The van der Waals surface area contributed by atoms with E-state index >= 15 is 0 Å². The summed E-state index contributed by atoms with van der Waals surface area (Å²) >= 11 is 0. The molecule has 1 aromatic rings. The molecule has 0 fully saturated rings. The van der Waals surface area contributed by atoms with E-state index < -0.39 is 0 Å². The molecule has 0 spiro atoms. The van der Waals surface area contributed by atoms with E-state index in [1.807, 2.05) is 19.0 Å². The third kappa shape index (κ3) is 6.01. The summed E-state index contributed by atoms with van der Waals surface area (Å²) in [4.78, 5) is 24.1. The summed E-state index contributed by atoms with van der Waals surface area (Å²) < 4.78 is 10.1. The summed E-state index contributed by atoms with van der Waals surface area (Å²) in [5.41, 5.74) is 0.654. The van der Waals surface area contributed by atoms with Crippen LogP contribution in [-0.4, -0.2) is 50.5 Å². The van der Waals surface area contributed by atoms with Gasteiger partial charge in [-0.3, -0.25) is 9.59 Å². The Labute approximate surface area is 113 Å². The SMILES string of the molecule is CC(=O)OCCOc1ccc(C(=O)CN(C)C)cc1. The van der Waals surface area contributed by atoms with Gasteiger partial charge < -0.3 is 14.4 Å². The first-order chi connectivity index (χ1) is 8.99. The minimum absolute atomic E-state index is 0.0662. The lowest BCUT2D eigenvalue weighted by Gasteiger charge is -2.09. The molecular weight excluding hydrogens is 246 g/mol. The van der Waals surface area contributed by atoms with Gasteiger partial charge in [0.05, 0.1) is 6.54 Å². The molecule has 0 heterocycles. The van der Waals surface area contributed by atoms with E-state index in [4.69, 9.17) is 9.47 Å². The zero-order valence-corrected chi connectivity index (χ0v) is 11.5. The van der Waals surface area contributed by atoms with Gasteiger partial charge in [-0.25, -0.2) is 0 Å². The Balaban J connectivity index is 2.43. The van der Waals surface area contributed by atoms with Crippen molar-refractivity contribution in [3.63, 3.8) is 0 Å². The van der Waals surface area contributed by atoms with Crippen LogP contribution in [0.2, 0.25) is 0 Å². The molecule has 0 aliphatic carbocycles. The average molecular weight is 265 g/mol. The van der Waals surface area contributed by atoms with Gasteiger partial charge in [0.15, 0.2) is 5.78 Å². The Morgan fingerprint density at radius 1 is 1.11 bits per heavy atom. The fourth-order valence-corrected chi connectivity index (χ4v) is 1.46. The number of hydrogen-bond donors (Lipinski definition) is 0. The monoisotopic (exact) mass is 265 g/mol. The maximum absolute atomic E-state index is 11.8. The molecule has 0 amide bonds. The molecule has 104 valence electrons. The number of esters is 1. The Morgan fingerprint density at radius 2 is 1.74 bits per heavy atom. The molecule has 0 saturated carbocycles. The molecule has 0 unspecified atom stereocenters. The van der Waals surface area contributed by atoms with Gasteiger partial charge in [-0.2, -0.15) is 0 Å². The second-order valence-corrected chi connectivity index (χ2v) is 4.37. The molecule has 0 saturated heterocycles. The van der Waals surface area contributed by atoms with Gasteiger partial charge in [0, 0.05) is 12.5 Å². The quantitative estimate of drug-likeness (QED) is 0.423. The van der Waals surface area contributed by atoms with Crippen LogP contribution >= 0.6 is 0 Å². The van der Waals surface area contributed by atoms with Crippen molar-refractivity contribution in [1.29, 1.82) is 0 Å². The molecule has 0 N–H and O–H groups in total. The first kappa shape index (κ1) is 15.2. The summed E-state index contributed by atoms with van der Waals surface area (Å²) in [5.74, 6) is 0.387. The predicted molar refractivity (Wildman–Crippen MR) is 71.5 cm³/mol. The van der Waals surface area contributed by atoms with Crippen molar-refractivity contribution >= 4 is 11.8 Å². The predicted octanol–water partition coefficient (Wildman–Crippen LogP) is 1.37. The van der Waals surface area contributed by atoms with Crippen LogP contribution in [0.1, 0.15) is 17.3 Å². The highest BCUT2D eigenvalue weighted by Crippen LogP contribution is 2.12. The second-order valence-electron chi connectivity index (χ2n) is 4.37. The van der Waals surface area contributed by atoms with Crippen LogP contribution in [0.4, 0.5) is 0 Å². The molecule has 0 aromatic heterocycles. The van der Waals surface area contributed by atoms with Gasteiger partial charge >= 0.3 is 5.97 Å². The average Bonchev–Trinajstić information content (AvgIpc) is 2.34. The van der Waals surface area contributed by atoms with Crippen molar-refractivity contribution in [1.82, 2.24) is 4.90 Å². The standard InChI is InChI=1S/C14H19NO4/c1-11(16)18-8-9-19-13-6-4-12(5-7-13)14(17)10-15(2)3/h4-7H,8-10H2,1-3H3. The van der Waals surface area contributed by atoms with Gasteiger partial charge in [-0.1, -0.05) is 0 Å². The van der Waals surface area contributed by atoms with E-state index in [-0.39, 0.29) is 18.4 Å². The number of carbonyl (C=O) groups is 2. The van der Waals surface area contributed by atoms with Crippen LogP contribution in [-0.2, 0) is 9.53 Å². The van der Waals surface area contributed by atoms with Crippen molar-refractivity contribution in [2.75, 3.05) is 33.9 Å². The normalized spacial score (nSPS) is 10.3. The van der Waals surface area contributed by atoms with Crippen molar-refractivity contribution in [3.8, 4) is 5.75 Å². The van der Waals surface area contributed by atoms with Crippen molar-refractivity contribution in [2.24, 2.45) is 0 Å². The molecule has 5 nitrogen and oxygen atoms in total. The molecular formula is C14H19NO4. The summed E-state index contributed by atoms with van der Waals surface area (Å²) in [7, 11) is 3.70. The van der Waals surface area contributed by atoms with Gasteiger partial charge in [0.1, 0.15) is 19.0 Å². The van der Waals surface area contributed by atoms with Crippen molar-refractivity contribution in [3.05, 3.63) is 29.8 Å². The largest absolute Gasteiger partial charge is 0.490 e. The summed E-state index contributed by atoms with van der Waals surface area (Å²) in [6.07, 6.45) is 0. The molecule has 0 aliphatic rings. The van der Waals surface area contributed by atoms with Crippen LogP contribution in [0.5, 0.6) is 5.75 Å². The van der Waals surface area contributed by atoms with Crippen molar-refractivity contribution in [2.45, 2.75) is 6.92 Å². The van der Waals surface area contributed by atoms with Crippen LogP contribution in [0.3, 0.4) is 0 Å². The highest BCUT2D eigenvalue weighted by Gasteiger charge is 2.06. The van der Waals surface area contributed by atoms with E-state index in [2.05, 4.69) is 0 Å². The maximum Gasteiger partial charge on any atom is 0.302 e. The minimum atomic E-state index is -0.326. The number of Topliss-reactive ketones (excluding diaryl/α,β-unsaturated/α-hetero) is 1. The molecule has 0 radical (unpaired) electrons. The zero-order chi connectivity index (χ0) is 14.3. The highest BCUT2D eigenvalue weighted by atomic mass is 16.6. The lowest BCUT2D eigenvalue weighted by molar-refractivity contribution is -0.141. The van der Waals surface area contributed by atoms with Crippen LogP contribution in [0.25, 0.3) is 0 Å². The number of hydrogen-bond acceptors (Lipinski definition) is 5. The van der Waals surface area contributed by atoms with E-state index in [0.717, 1.165) is 0 Å². The molecule has 5 heteroatoms. The number of ketones is 1. The van der Waals surface area contributed by atoms with E-state index in [1.165, 1.54) is 6.92 Å². The first-order valence-corrected chi connectivity index (χ1v) is 6.03. The third-order valence-corrected chi connectivity index (χ3v) is 2.29. The topological polar surface area (TPSA) is 55.8 Å². The molecule has 0 aliphatic heterocycles.